The van der Waals surface area contributed by atoms with Gasteiger partial charge in [-0.2, -0.15) is 0 Å². The maximum absolute atomic E-state index is 6.66. The summed E-state index contributed by atoms with van der Waals surface area (Å²) in [6.07, 6.45) is 0. The second-order valence-electron chi connectivity index (χ2n) is 12.8. The van der Waals surface area contributed by atoms with Crippen molar-refractivity contribution in [2.75, 3.05) is 4.90 Å². The van der Waals surface area contributed by atoms with E-state index < -0.39 is 0 Å². The molecule has 3 heteroatoms. The van der Waals surface area contributed by atoms with Crippen LogP contribution in [0.5, 0.6) is 0 Å². The fourth-order valence-corrected chi connectivity index (χ4v) is 7.47. The molecule has 0 unspecified atom stereocenters. The van der Waals surface area contributed by atoms with E-state index in [0.29, 0.717) is 5.89 Å². The number of benzene rings is 9. The molecule has 0 N–H and O–H groups in total. The second kappa shape index (κ2) is 11.5. The van der Waals surface area contributed by atoms with Gasteiger partial charge in [0, 0.05) is 28.0 Å². The van der Waals surface area contributed by atoms with Gasteiger partial charge >= 0.3 is 0 Å². The average molecular weight is 639 g/mol. The molecule has 234 valence electrons. The number of hydrogen-bond donors (Lipinski definition) is 0. The van der Waals surface area contributed by atoms with Gasteiger partial charge in [0.2, 0.25) is 5.89 Å². The Morgan fingerprint density at radius 3 is 1.78 bits per heavy atom. The molecule has 0 aliphatic carbocycles. The van der Waals surface area contributed by atoms with Gasteiger partial charge in [-0.05, 0) is 109 Å². The van der Waals surface area contributed by atoms with Crippen LogP contribution >= 0.6 is 0 Å². The molecule has 10 aromatic rings. The van der Waals surface area contributed by atoms with Gasteiger partial charge in [-0.3, -0.25) is 0 Å². The van der Waals surface area contributed by atoms with Crippen molar-refractivity contribution < 1.29 is 4.42 Å². The summed E-state index contributed by atoms with van der Waals surface area (Å²) in [6, 6.07) is 64.6. The molecule has 0 saturated carbocycles. The summed E-state index contributed by atoms with van der Waals surface area (Å²) in [4.78, 5) is 7.31. The van der Waals surface area contributed by atoms with E-state index in [1.165, 1.54) is 32.7 Å². The Hall–Kier alpha value is -6.71. The van der Waals surface area contributed by atoms with Crippen molar-refractivity contribution in [3.05, 3.63) is 182 Å². The Kier molecular flexibility index (Phi) is 6.49. The first-order valence-electron chi connectivity index (χ1n) is 17.0. The van der Waals surface area contributed by atoms with Crippen molar-refractivity contribution in [3.63, 3.8) is 0 Å². The summed E-state index contributed by atoms with van der Waals surface area (Å²) in [7, 11) is 0. The summed E-state index contributed by atoms with van der Waals surface area (Å²) in [5.74, 6) is 0.624. The zero-order chi connectivity index (χ0) is 33.0. The highest BCUT2D eigenvalue weighted by Gasteiger charge is 2.19. The van der Waals surface area contributed by atoms with E-state index in [4.69, 9.17) is 9.40 Å². The van der Waals surface area contributed by atoms with Crippen LogP contribution < -0.4 is 4.90 Å². The first kappa shape index (κ1) is 28.3. The summed E-state index contributed by atoms with van der Waals surface area (Å²) < 4.78 is 6.66. The Labute approximate surface area is 289 Å². The fourth-order valence-electron chi connectivity index (χ4n) is 7.47. The number of anilines is 3. The zero-order valence-corrected chi connectivity index (χ0v) is 27.1. The van der Waals surface area contributed by atoms with E-state index in [9.17, 15) is 0 Å². The summed E-state index contributed by atoms with van der Waals surface area (Å²) >= 11 is 0. The minimum atomic E-state index is 0.624. The van der Waals surface area contributed by atoms with Crippen LogP contribution in [0.1, 0.15) is 0 Å². The Morgan fingerprint density at radius 1 is 0.400 bits per heavy atom. The van der Waals surface area contributed by atoms with Crippen molar-refractivity contribution in [1.29, 1.82) is 0 Å². The van der Waals surface area contributed by atoms with E-state index >= 15 is 0 Å². The number of hydrogen-bond acceptors (Lipinski definition) is 3. The highest BCUT2D eigenvalue weighted by atomic mass is 16.3. The maximum atomic E-state index is 6.66. The van der Waals surface area contributed by atoms with Crippen LogP contribution in [0.3, 0.4) is 0 Å². The van der Waals surface area contributed by atoms with Gasteiger partial charge < -0.3 is 9.32 Å². The van der Waals surface area contributed by atoms with Crippen molar-refractivity contribution in [1.82, 2.24) is 4.98 Å². The van der Waals surface area contributed by atoms with Gasteiger partial charge in [0.15, 0.2) is 5.58 Å². The molecule has 0 atom stereocenters. The van der Waals surface area contributed by atoms with E-state index in [1.807, 2.05) is 30.3 Å². The third-order valence-corrected chi connectivity index (χ3v) is 9.82. The maximum Gasteiger partial charge on any atom is 0.227 e. The zero-order valence-electron chi connectivity index (χ0n) is 27.1. The molecule has 0 spiro atoms. The Bertz CT molecular complexity index is 2860. The molecule has 10 rings (SSSR count). The Morgan fingerprint density at radius 2 is 1.00 bits per heavy atom. The second-order valence-corrected chi connectivity index (χ2v) is 12.8. The minimum Gasteiger partial charge on any atom is -0.435 e. The molecule has 0 bridgehead atoms. The highest BCUT2D eigenvalue weighted by molar-refractivity contribution is 6.22. The molecule has 0 amide bonds. The smallest absolute Gasteiger partial charge is 0.227 e. The molecule has 3 nitrogen and oxygen atoms in total. The first-order valence-corrected chi connectivity index (χ1v) is 17.0. The van der Waals surface area contributed by atoms with Crippen LogP contribution in [0.4, 0.5) is 17.1 Å². The minimum absolute atomic E-state index is 0.624. The van der Waals surface area contributed by atoms with E-state index in [1.54, 1.807) is 0 Å². The quantitative estimate of drug-likeness (QED) is 0.176. The predicted octanol–water partition coefficient (Wildman–Crippen LogP) is 13.2. The van der Waals surface area contributed by atoms with Gasteiger partial charge in [0.25, 0.3) is 0 Å². The lowest BCUT2D eigenvalue weighted by atomic mass is 9.92. The van der Waals surface area contributed by atoms with E-state index in [2.05, 4.69) is 157 Å². The average Bonchev–Trinajstić information content (AvgIpc) is 3.63. The third kappa shape index (κ3) is 4.63. The molecule has 50 heavy (non-hydrogen) atoms. The number of rotatable bonds is 5. The topological polar surface area (TPSA) is 29.3 Å². The molecular weight excluding hydrogens is 609 g/mol. The van der Waals surface area contributed by atoms with Crippen LogP contribution in [0.15, 0.2) is 186 Å². The van der Waals surface area contributed by atoms with Crippen LogP contribution in [0, 0.1) is 0 Å². The molecule has 0 saturated heterocycles. The van der Waals surface area contributed by atoms with Gasteiger partial charge in [-0.1, -0.05) is 121 Å². The lowest BCUT2D eigenvalue weighted by molar-refractivity contribution is 0.623. The number of fused-ring (bicyclic) bond motifs is 8. The van der Waals surface area contributed by atoms with E-state index in [-0.39, 0.29) is 0 Å². The van der Waals surface area contributed by atoms with Gasteiger partial charge in [-0.15, -0.1) is 0 Å². The molecule has 9 aromatic carbocycles. The molecule has 1 heterocycles. The first-order chi connectivity index (χ1) is 24.8. The van der Waals surface area contributed by atoms with Gasteiger partial charge in [-0.25, -0.2) is 4.98 Å². The molecule has 0 aliphatic rings. The Balaban J connectivity index is 1.27. The third-order valence-electron chi connectivity index (χ3n) is 9.82. The van der Waals surface area contributed by atoms with Crippen LogP contribution in [0.2, 0.25) is 0 Å². The normalized spacial score (nSPS) is 11.6. The lowest BCUT2D eigenvalue weighted by Crippen LogP contribution is -2.09. The van der Waals surface area contributed by atoms with Crippen LogP contribution in [0.25, 0.3) is 76.8 Å². The van der Waals surface area contributed by atoms with E-state index in [0.717, 1.165) is 55.3 Å². The highest BCUT2D eigenvalue weighted by Crippen LogP contribution is 2.44. The number of aromatic nitrogens is 1. The molecule has 1 aromatic heterocycles. The number of oxazole rings is 1. The molecule has 0 fully saturated rings. The monoisotopic (exact) mass is 638 g/mol. The summed E-state index contributed by atoms with van der Waals surface area (Å²) in [6.45, 7) is 0. The van der Waals surface area contributed by atoms with Crippen molar-refractivity contribution in [2.24, 2.45) is 0 Å². The van der Waals surface area contributed by atoms with Crippen LogP contribution in [-0.4, -0.2) is 4.98 Å². The van der Waals surface area contributed by atoms with Gasteiger partial charge in [0.1, 0.15) is 5.52 Å². The van der Waals surface area contributed by atoms with Gasteiger partial charge in [0.05, 0.1) is 0 Å². The lowest BCUT2D eigenvalue weighted by Gasteiger charge is -2.26. The summed E-state index contributed by atoms with van der Waals surface area (Å²) in [5, 5.41) is 9.39. The largest absolute Gasteiger partial charge is 0.435 e. The molecule has 0 aliphatic heterocycles. The SMILES string of the molecule is c1ccc(-c2nc3ccc4cc(-c5ccccc5)c5ccc(N(c6ccccc6)c6ccc7ccc8ccccc8c7c6)cc5c4c3o2)cc1. The fraction of sp³-hybridized carbons (Fsp3) is 0. The predicted molar refractivity (Wildman–Crippen MR) is 210 cm³/mol. The van der Waals surface area contributed by atoms with Crippen molar-refractivity contribution in [2.45, 2.75) is 0 Å². The van der Waals surface area contributed by atoms with Crippen LogP contribution in [-0.2, 0) is 0 Å². The molecule has 0 radical (unpaired) electrons. The standard InChI is InChI=1S/C47H30N2O/c1-4-12-31(13-5-1)41-28-35-23-27-44-46(50-47(48-44)34-15-6-2-7-16-34)45(35)43-30-38(25-26-40(41)43)49(36-17-8-3-9-18-36)37-24-22-33-21-20-32-14-10-11-19-39(32)42(33)29-37/h1-30H. The molecular formula is C47H30N2O. The van der Waals surface area contributed by atoms with Crippen molar-refractivity contribution in [3.8, 4) is 22.6 Å². The summed E-state index contributed by atoms with van der Waals surface area (Å²) in [5.41, 5.74) is 8.21. The number of para-hydroxylation sites is 1. The van der Waals surface area contributed by atoms with Crippen molar-refractivity contribution >= 4 is 71.3 Å². The number of nitrogens with zero attached hydrogens (tertiary/aromatic N) is 2.